The van der Waals surface area contributed by atoms with Gasteiger partial charge in [0.15, 0.2) is 17.8 Å². The molecule has 1 aromatic carbocycles. The van der Waals surface area contributed by atoms with Crippen LogP contribution in [0.5, 0.6) is 0 Å². The standard InChI is InChI=1S/C15H10BrFN2O3/c16-10-4-3-9(6-11(10)17)7-18-15(20)13-14(22-8-19-13)12-2-1-5-21-12/h1-6,8H,7H2,(H,18,20). The normalized spacial score (nSPS) is 10.6. The van der Waals surface area contributed by atoms with Crippen LogP contribution in [0.3, 0.4) is 0 Å². The summed E-state index contributed by atoms with van der Waals surface area (Å²) in [4.78, 5) is 16.1. The number of nitrogens with one attached hydrogen (secondary N) is 1. The summed E-state index contributed by atoms with van der Waals surface area (Å²) in [6.45, 7) is 0.174. The highest BCUT2D eigenvalue weighted by Crippen LogP contribution is 2.23. The van der Waals surface area contributed by atoms with E-state index in [0.29, 0.717) is 15.8 Å². The van der Waals surface area contributed by atoms with Crippen LogP contribution in [0, 0.1) is 5.82 Å². The van der Waals surface area contributed by atoms with Gasteiger partial charge in [0.2, 0.25) is 5.76 Å². The van der Waals surface area contributed by atoms with E-state index in [1.165, 1.54) is 18.7 Å². The summed E-state index contributed by atoms with van der Waals surface area (Å²) >= 11 is 3.08. The second-order valence-electron chi connectivity index (χ2n) is 4.44. The van der Waals surface area contributed by atoms with E-state index in [1.807, 2.05) is 0 Å². The first-order chi connectivity index (χ1) is 10.6. The zero-order valence-electron chi connectivity index (χ0n) is 11.2. The Kier molecular flexibility index (Phi) is 4.06. The minimum absolute atomic E-state index is 0.118. The van der Waals surface area contributed by atoms with Gasteiger partial charge >= 0.3 is 0 Å². The minimum atomic E-state index is -0.427. The fraction of sp³-hybridized carbons (Fsp3) is 0.0667. The minimum Gasteiger partial charge on any atom is -0.461 e. The predicted molar refractivity (Wildman–Crippen MR) is 79.5 cm³/mol. The molecule has 3 rings (SSSR count). The van der Waals surface area contributed by atoms with E-state index < -0.39 is 5.91 Å². The number of hydrogen-bond donors (Lipinski definition) is 1. The number of aromatic nitrogens is 1. The zero-order chi connectivity index (χ0) is 15.5. The third-order valence-corrected chi connectivity index (χ3v) is 3.61. The average molecular weight is 365 g/mol. The molecule has 0 bridgehead atoms. The fourth-order valence-corrected chi connectivity index (χ4v) is 2.15. The molecule has 0 atom stereocenters. The molecule has 0 aliphatic heterocycles. The first kappa shape index (κ1) is 14.5. The van der Waals surface area contributed by atoms with Crippen LogP contribution in [0.25, 0.3) is 11.5 Å². The Morgan fingerprint density at radius 1 is 1.32 bits per heavy atom. The summed E-state index contributed by atoms with van der Waals surface area (Å²) in [5, 5.41) is 2.67. The number of halogens is 2. The molecule has 0 unspecified atom stereocenters. The molecule has 0 radical (unpaired) electrons. The van der Waals surface area contributed by atoms with Crippen molar-refractivity contribution in [2.45, 2.75) is 6.54 Å². The van der Waals surface area contributed by atoms with Gasteiger partial charge in [-0.25, -0.2) is 9.37 Å². The highest BCUT2D eigenvalue weighted by atomic mass is 79.9. The van der Waals surface area contributed by atoms with Crippen LogP contribution in [0.15, 0.2) is 56.3 Å². The second kappa shape index (κ2) is 6.15. The SMILES string of the molecule is O=C(NCc1ccc(Br)c(F)c1)c1ncoc1-c1ccco1. The largest absolute Gasteiger partial charge is 0.461 e. The Morgan fingerprint density at radius 3 is 2.91 bits per heavy atom. The Hall–Kier alpha value is -2.41. The van der Waals surface area contributed by atoms with E-state index in [4.69, 9.17) is 8.83 Å². The van der Waals surface area contributed by atoms with Gasteiger partial charge in [0.1, 0.15) is 5.82 Å². The van der Waals surface area contributed by atoms with Crippen molar-refractivity contribution >= 4 is 21.8 Å². The molecular formula is C15H10BrFN2O3. The first-order valence-corrected chi connectivity index (χ1v) is 7.14. The van der Waals surface area contributed by atoms with Crippen molar-refractivity contribution in [3.8, 4) is 11.5 Å². The smallest absolute Gasteiger partial charge is 0.274 e. The molecule has 112 valence electrons. The predicted octanol–water partition coefficient (Wildman–Crippen LogP) is 3.77. The van der Waals surface area contributed by atoms with Crippen molar-refractivity contribution in [1.29, 1.82) is 0 Å². The van der Waals surface area contributed by atoms with E-state index in [0.717, 1.165) is 0 Å². The van der Waals surface area contributed by atoms with Crippen LogP contribution in [0.2, 0.25) is 0 Å². The van der Waals surface area contributed by atoms with Crippen molar-refractivity contribution in [3.05, 3.63) is 64.5 Å². The number of hydrogen-bond acceptors (Lipinski definition) is 4. The molecule has 22 heavy (non-hydrogen) atoms. The van der Waals surface area contributed by atoms with Crippen LogP contribution in [-0.2, 0) is 6.54 Å². The number of carbonyl (C=O) groups is 1. The molecule has 0 saturated carbocycles. The van der Waals surface area contributed by atoms with Crippen LogP contribution in [-0.4, -0.2) is 10.9 Å². The molecule has 5 nitrogen and oxygen atoms in total. The van der Waals surface area contributed by atoms with Crippen LogP contribution in [0.4, 0.5) is 4.39 Å². The molecule has 1 amide bonds. The number of benzene rings is 1. The number of nitrogens with zero attached hydrogens (tertiary/aromatic N) is 1. The molecule has 0 saturated heterocycles. The molecule has 0 aliphatic rings. The van der Waals surface area contributed by atoms with Gasteiger partial charge in [-0.15, -0.1) is 0 Å². The van der Waals surface area contributed by atoms with E-state index in [2.05, 4.69) is 26.2 Å². The highest BCUT2D eigenvalue weighted by Gasteiger charge is 2.19. The maximum atomic E-state index is 13.4. The monoisotopic (exact) mass is 364 g/mol. The number of carbonyl (C=O) groups excluding carboxylic acids is 1. The lowest BCUT2D eigenvalue weighted by Gasteiger charge is -2.05. The van der Waals surface area contributed by atoms with Crippen molar-refractivity contribution in [3.63, 3.8) is 0 Å². The maximum Gasteiger partial charge on any atom is 0.274 e. The van der Waals surface area contributed by atoms with Gasteiger partial charge in [-0.1, -0.05) is 6.07 Å². The lowest BCUT2D eigenvalue weighted by atomic mass is 10.2. The molecule has 3 aromatic rings. The Bertz CT molecular complexity index is 799. The van der Waals surface area contributed by atoms with Gasteiger partial charge in [0.05, 0.1) is 10.7 Å². The van der Waals surface area contributed by atoms with Gasteiger partial charge in [-0.05, 0) is 45.8 Å². The first-order valence-electron chi connectivity index (χ1n) is 6.34. The van der Waals surface area contributed by atoms with Crippen LogP contribution in [0.1, 0.15) is 16.1 Å². The van der Waals surface area contributed by atoms with E-state index >= 15 is 0 Å². The molecule has 1 N–H and O–H groups in total. The topological polar surface area (TPSA) is 68.3 Å². The van der Waals surface area contributed by atoms with Gasteiger partial charge in [0, 0.05) is 6.54 Å². The fourth-order valence-electron chi connectivity index (χ4n) is 1.91. The summed E-state index contributed by atoms with van der Waals surface area (Å²) in [5.74, 6) is -0.144. The summed E-state index contributed by atoms with van der Waals surface area (Å²) in [6.07, 6.45) is 2.65. The summed E-state index contributed by atoms with van der Waals surface area (Å²) in [6, 6.07) is 8.00. The Balaban J connectivity index is 1.73. The van der Waals surface area contributed by atoms with Crippen molar-refractivity contribution in [1.82, 2.24) is 10.3 Å². The van der Waals surface area contributed by atoms with E-state index in [9.17, 15) is 9.18 Å². The van der Waals surface area contributed by atoms with Crippen molar-refractivity contribution in [2.24, 2.45) is 0 Å². The number of furan rings is 1. The van der Waals surface area contributed by atoms with Crippen LogP contribution >= 0.6 is 15.9 Å². The average Bonchev–Trinajstić information content (AvgIpc) is 3.18. The number of oxazole rings is 1. The summed E-state index contributed by atoms with van der Waals surface area (Å²) in [5.41, 5.74) is 0.754. The maximum absolute atomic E-state index is 13.4. The zero-order valence-corrected chi connectivity index (χ0v) is 12.8. The molecule has 7 heteroatoms. The third kappa shape index (κ3) is 2.94. The molecule has 2 heterocycles. The molecular weight excluding hydrogens is 355 g/mol. The van der Waals surface area contributed by atoms with E-state index in [1.54, 1.807) is 24.3 Å². The number of rotatable bonds is 4. The van der Waals surface area contributed by atoms with Gasteiger partial charge < -0.3 is 14.2 Å². The quantitative estimate of drug-likeness (QED) is 0.764. The molecule has 0 aliphatic carbocycles. The van der Waals surface area contributed by atoms with Crippen LogP contribution < -0.4 is 5.32 Å². The second-order valence-corrected chi connectivity index (χ2v) is 5.29. The van der Waals surface area contributed by atoms with Gasteiger partial charge in [0.25, 0.3) is 5.91 Å². The summed E-state index contributed by atoms with van der Waals surface area (Å²) in [7, 11) is 0. The molecule has 0 spiro atoms. The Labute approximate surface area is 133 Å². The molecule has 0 fully saturated rings. The lowest BCUT2D eigenvalue weighted by molar-refractivity contribution is 0.0946. The van der Waals surface area contributed by atoms with Crippen molar-refractivity contribution in [2.75, 3.05) is 0 Å². The van der Waals surface area contributed by atoms with E-state index in [-0.39, 0.29) is 23.8 Å². The third-order valence-electron chi connectivity index (χ3n) is 2.96. The van der Waals surface area contributed by atoms with Gasteiger partial charge in [-0.3, -0.25) is 4.79 Å². The van der Waals surface area contributed by atoms with Gasteiger partial charge in [-0.2, -0.15) is 0 Å². The number of amides is 1. The Morgan fingerprint density at radius 2 is 2.18 bits per heavy atom. The molecule has 2 aromatic heterocycles. The lowest BCUT2D eigenvalue weighted by Crippen LogP contribution is -2.23. The highest BCUT2D eigenvalue weighted by molar-refractivity contribution is 9.10. The van der Waals surface area contributed by atoms with Crippen molar-refractivity contribution < 1.29 is 18.0 Å². The summed E-state index contributed by atoms with van der Waals surface area (Å²) < 4.78 is 24.2.